The lowest BCUT2D eigenvalue weighted by Crippen LogP contribution is -2.26. The minimum absolute atomic E-state index is 0.0555. The standard InChI is InChI=1S/C29H23ClF3N3O2/c1-16-4-2-7-24(36-13-11-18(15-25(36)37)27-21(32)9-8-19(30)28(27)33)23-14-17(10-12-34-23)26-20(31)5-3-6-22(26)35-29(16)38/h3,5-6,8-16,24H,2,4,7H2,1H3,(H,35,38)/t16?,24-/m0/s1. The van der Waals surface area contributed by atoms with Gasteiger partial charge in [-0.1, -0.05) is 31.0 Å². The van der Waals surface area contributed by atoms with Gasteiger partial charge in [0.25, 0.3) is 5.56 Å². The third kappa shape index (κ3) is 4.84. The maximum atomic E-state index is 15.0. The number of benzene rings is 2. The topological polar surface area (TPSA) is 64.0 Å². The van der Waals surface area contributed by atoms with Crippen molar-refractivity contribution in [2.75, 3.05) is 5.32 Å². The van der Waals surface area contributed by atoms with Gasteiger partial charge in [0.2, 0.25) is 5.91 Å². The molecule has 5 nitrogen and oxygen atoms in total. The fourth-order valence-electron chi connectivity index (χ4n) is 4.84. The van der Waals surface area contributed by atoms with Gasteiger partial charge < -0.3 is 9.88 Å². The Bertz CT molecular complexity index is 1600. The summed E-state index contributed by atoms with van der Waals surface area (Å²) in [4.78, 5) is 30.6. The number of nitrogens with zero attached hydrogens (tertiary/aromatic N) is 2. The van der Waals surface area contributed by atoms with E-state index < -0.39 is 29.1 Å². The van der Waals surface area contributed by atoms with E-state index in [-0.39, 0.29) is 33.5 Å². The molecule has 0 aliphatic carbocycles. The normalized spacial score (nSPS) is 17.7. The summed E-state index contributed by atoms with van der Waals surface area (Å²) in [7, 11) is 0. The van der Waals surface area contributed by atoms with Crippen molar-refractivity contribution < 1.29 is 18.0 Å². The highest BCUT2D eigenvalue weighted by atomic mass is 35.5. The molecule has 1 aliphatic heterocycles. The molecular formula is C29H23ClF3N3O2. The lowest BCUT2D eigenvalue weighted by atomic mass is 9.95. The van der Waals surface area contributed by atoms with Gasteiger partial charge in [-0.15, -0.1) is 0 Å². The number of fused-ring (bicyclic) bond motifs is 4. The Morgan fingerprint density at radius 1 is 0.947 bits per heavy atom. The molecule has 0 fully saturated rings. The van der Waals surface area contributed by atoms with Crippen molar-refractivity contribution in [2.24, 2.45) is 5.92 Å². The molecule has 0 spiro atoms. The molecule has 2 aromatic heterocycles. The zero-order valence-electron chi connectivity index (χ0n) is 20.3. The number of pyridine rings is 2. The fraction of sp³-hybridized carbons (Fsp3) is 0.207. The summed E-state index contributed by atoms with van der Waals surface area (Å²) in [5.74, 6) is -2.87. The second kappa shape index (κ2) is 10.5. The average Bonchev–Trinajstić information content (AvgIpc) is 2.89. The van der Waals surface area contributed by atoms with Gasteiger partial charge in [0.1, 0.15) is 11.6 Å². The van der Waals surface area contributed by atoms with E-state index in [1.54, 1.807) is 25.1 Å². The molecule has 0 saturated heterocycles. The van der Waals surface area contributed by atoms with E-state index in [1.807, 2.05) is 0 Å². The van der Waals surface area contributed by atoms with Crippen LogP contribution >= 0.6 is 11.6 Å². The van der Waals surface area contributed by atoms with Crippen LogP contribution in [0.3, 0.4) is 0 Å². The summed E-state index contributed by atoms with van der Waals surface area (Å²) in [6, 6.07) is 12.0. The summed E-state index contributed by atoms with van der Waals surface area (Å²) in [5.41, 5.74) is 0.768. The van der Waals surface area contributed by atoms with E-state index in [1.165, 1.54) is 35.2 Å². The second-order valence-electron chi connectivity index (χ2n) is 9.35. The van der Waals surface area contributed by atoms with Gasteiger partial charge in [0, 0.05) is 29.9 Å². The molecule has 4 aromatic rings. The lowest BCUT2D eigenvalue weighted by Gasteiger charge is -2.23. The van der Waals surface area contributed by atoms with Crippen molar-refractivity contribution in [1.82, 2.24) is 9.55 Å². The molecule has 1 unspecified atom stereocenters. The molecule has 2 aromatic carbocycles. The van der Waals surface area contributed by atoms with Gasteiger partial charge in [0.05, 0.1) is 28.0 Å². The molecule has 1 amide bonds. The van der Waals surface area contributed by atoms with Gasteiger partial charge in [0.15, 0.2) is 5.82 Å². The molecule has 1 N–H and O–H groups in total. The van der Waals surface area contributed by atoms with Crippen molar-refractivity contribution in [3.8, 4) is 22.3 Å². The van der Waals surface area contributed by atoms with Crippen LogP contribution in [0.1, 0.15) is 37.9 Å². The van der Waals surface area contributed by atoms with E-state index >= 15 is 4.39 Å². The molecule has 38 heavy (non-hydrogen) atoms. The van der Waals surface area contributed by atoms with Crippen molar-refractivity contribution in [3.63, 3.8) is 0 Å². The fourth-order valence-corrected chi connectivity index (χ4v) is 4.99. The highest BCUT2D eigenvalue weighted by Gasteiger charge is 2.24. The third-order valence-corrected chi connectivity index (χ3v) is 7.15. The first kappa shape index (κ1) is 25.7. The Labute approximate surface area is 221 Å². The largest absolute Gasteiger partial charge is 0.325 e. The van der Waals surface area contributed by atoms with Crippen LogP contribution < -0.4 is 10.9 Å². The SMILES string of the molecule is CC1CCC[C@H](n2ccc(-c3c(F)ccc(Cl)c3F)cc2=O)c2cc(ccn2)-c2c(F)cccc2NC1=O. The second-order valence-corrected chi connectivity index (χ2v) is 9.76. The average molecular weight is 538 g/mol. The first-order chi connectivity index (χ1) is 18.2. The summed E-state index contributed by atoms with van der Waals surface area (Å²) in [6.07, 6.45) is 4.57. The highest BCUT2D eigenvalue weighted by Crippen LogP contribution is 2.35. The molecule has 5 rings (SSSR count). The van der Waals surface area contributed by atoms with Crippen LogP contribution in [0.25, 0.3) is 22.3 Å². The van der Waals surface area contributed by atoms with Crippen LogP contribution in [0, 0.1) is 23.4 Å². The highest BCUT2D eigenvalue weighted by molar-refractivity contribution is 6.31. The number of rotatable bonds is 2. The Hall–Kier alpha value is -3.91. The van der Waals surface area contributed by atoms with Crippen LogP contribution in [-0.2, 0) is 4.79 Å². The zero-order chi connectivity index (χ0) is 27.0. The van der Waals surface area contributed by atoms with Gasteiger partial charge in [-0.2, -0.15) is 0 Å². The third-order valence-electron chi connectivity index (χ3n) is 6.86. The molecule has 194 valence electrons. The number of carbonyl (C=O) groups excluding carboxylic acids is 1. The Kier molecular flexibility index (Phi) is 7.08. The zero-order valence-corrected chi connectivity index (χ0v) is 21.1. The first-order valence-corrected chi connectivity index (χ1v) is 12.5. The minimum Gasteiger partial charge on any atom is -0.325 e. The number of aromatic nitrogens is 2. The van der Waals surface area contributed by atoms with Crippen molar-refractivity contribution in [1.29, 1.82) is 0 Å². The van der Waals surface area contributed by atoms with Gasteiger partial charge in [-0.3, -0.25) is 14.6 Å². The van der Waals surface area contributed by atoms with Crippen LogP contribution in [-0.4, -0.2) is 15.5 Å². The van der Waals surface area contributed by atoms with E-state index in [0.29, 0.717) is 36.2 Å². The van der Waals surface area contributed by atoms with Crippen molar-refractivity contribution >= 4 is 23.2 Å². The summed E-state index contributed by atoms with van der Waals surface area (Å²) in [5, 5.41) is 2.59. The monoisotopic (exact) mass is 537 g/mol. The van der Waals surface area contributed by atoms with Crippen LogP contribution in [0.4, 0.5) is 18.9 Å². The van der Waals surface area contributed by atoms with Gasteiger partial charge in [-0.25, -0.2) is 13.2 Å². The van der Waals surface area contributed by atoms with Crippen LogP contribution in [0.2, 0.25) is 5.02 Å². The molecular weight excluding hydrogens is 515 g/mol. The molecule has 3 heterocycles. The number of hydrogen-bond acceptors (Lipinski definition) is 3. The van der Waals surface area contributed by atoms with Crippen molar-refractivity contribution in [2.45, 2.75) is 32.2 Å². The number of halogens is 4. The summed E-state index contributed by atoms with van der Waals surface area (Å²) < 4.78 is 45.5. The number of anilines is 1. The quantitative estimate of drug-likeness (QED) is 0.280. The van der Waals surface area contributed by atoms with Gasteiger partial charge >= 0.3 is 0 Å². The van der Waals surface area contributed by atoms with E-state index in [4.69, 9.17) is 11.6 Å². The Morgan fingerprint density at radius 2 is 1.71 bits per heavy atom. The number of carbonyl (C=O) groups is 1. The maximum Gasteiger partial charge on any atom is 0.251 e. The maximum absolute atomic E-state index is 15.0. The summed E-state index contributed by atoms with van der Waals surface area (Å²) >= 11 is 5.83. The molecule has 1 aliphatic rings. The molecule has 0 saturated carbocycles. The minimum atomic E-state index is -0.947. The van der Waals surface area contributed by atoms with E-state index in [0.717, 1.165) is 18.2 Å². The number of hydrogen-bond donors (Lipinski definition) is 1. The molecule has 9 heteroatoms. The number of amides is 1. The predicted molar refractivity (Wildman–Crippen MR) is 140 cm³/mol. The predicted octanol–water partition coefficient (Wildman–Crippen LogP) is 7.00. The van der Waals surface area contributed by atoms with E-state index in [9.17, 15) is 18.4 Å². The van der Waals surface area contributed by atoms with Crippen molar-refractivity contribution in [3.05, 3.63) is 106 Å². The van der Waals surface area contributed by atoms with Crippen LogP contribution in [0.5, 0.6) is 0 Å². The molecule has 2 bridgehead atoms. The van der Waals surface area contributed by atoms with E-state index in [2.05, 4.69) is 10.3 Å². The number of nitrogens with one attached hydrogen (secondary N) is 1. The molecule has 0 radical (unpaired) electrons. The molecule has 2 atom stereocenters. The summed E-state index contributed by atoms with van der Waals surface area (Å²) in [6.45, 7) is 1.79. The first-order valence-electron chi connectivity index (χ1n) is 12.2. The smallest absolute Gasteiger partial charge is 0.251 e. The Morgan fingerprint density at radius 3 is 2.50 bits per heavy atom. The van der Waals surface area contributed by atoms with Gasteiger partial charge in [-0.05, 0) is 66.4 Å². The Balaban J connectivity index is 1.63. The van der Waals surface area contributed by atoms with Crippen LogP contribution in [0.15, 0.2) is 71.8 Å². The lowest BCUT2D eigenvalue weighted by molar-refractivity contribution is -0.119.